The fourth-order valence-corrected chi connectivity index (χ4v) is 3.09. The first kappa shape index (κ1) is 14.5. The summed E-state index contributed by atoms with van der Waals surface area (Å²) < 4.78 is 1.60. The highest BCUT2D eigenvalue weighted by molar-refractivity contribution is 8.00. The van der Waals surface area contributed by atoms with E-state index in [1.807, 2.05) is 30.3 Å². The number of carbonyl (C=O) groups is 1. The molecule has 0 aliphatic rings. The Morgan fingerprint density at radius 1 is 1.32 bits per heavy atom. The van der Waals surface area contributed by atoms with Gasteiger partial charge in [0.05, 0.1) is 5.25 Å². The van der Waals surface area contributed by atoms with E-state index in [-0.39, 0.29) is 11.2 Å². The first-order chi connectivity index (χ1) is 10.8. The molecule has 3 rings (SSSR count). The molecule has 1 atom stereocenters. The van der Waals surface area contributed by atoms with Crippen LogP contribution in [0.25, 0.3) is 5.78 Å². The summed E-state index contributed by atoms with van der Waals surface area (Å²) in [7, 11) is 1.64. The van der Waals surface area contributed by atoms with E-state index in [9.17, 15) is 4.79 Å². The molecule has 0 aliphatic heterocycles. The summed E-state index contributed by atoms with van der Waals surface area (Å²) in [5.74, 6) is 0.487. The van der Waals surface area contributed by atoms with Crippen LogP contribution < -0.4 is 5.32 Å². The van der Waals surface area contributed by atoms with E-state index in [2.05, 4.69) is 20.4 Å². The second-order valence-electron chi connectivity index (χ2n) is 4.67. The van der Waals surface area contributed by atoms with Crippen LogP contribution in [0.4, 0.5) is 0 Å². The van der Waals surface area contributed by atoms with E-state index in [0.29, 0.717) is 17.4 Å². The average molecular weight is 313 g/mol. The van der Waals surface area contributed by atoms with Gasteiger partial charge in [0.25, 0.3) is 5.78 Å². The summed E-state index contributed by atoms with van der Waals surface area (Å²) in [5, 5.41) is 7.30. The van der Waals surface area contributed by atoms with E-state index in [4.69, 9.17) is 0 Å². The third-order valence-electron chi connectivity index (χ3n) is 3.15. The zero-order valence-corrected chi connectivity index (χ0v) is 12.8. The minimum atomic E-state index is -0.287. The van der Waals surface area contributed by atoms with Crippen LogP contribution in [0.1, 0.15) is 5.56 Å². The SMILES string of the molecule is CNC(=O)[C@@H](Cc1ccccc1)Sc1nc2ncccn2n1. The third-order valence-corrected chi connectivity index (χ3v) is 4.20. The van der Waals surface area contributed by atoms with Gasteiger partial charge in [-0.15, -0.1) is 5.10 Å². The molecule has 1 N–H and O–H groups in total. The lowest BCUT2D eigenvalue weighted by molar-refractivity contribution is -0.120. The molecule has 0 aliphatic carbocycles. The van der Waals surface area contributed by atoms with Gasteiger partial charge < -0.3 is 5.32 Å². The maximum Gasteiger partial charge on any atom is 0.253 e. The maximum absolute atomic E-state index is 12.1. The maximum atomic E-state index is 12.1. The number of nitrogens with zero attached hydrogens (tertiary/aromatic N) is 4. The molecule has 22 heavy (non-hydrogen) atoms. The molecule has 0 saturated carbocycles. The number of rotatable bonds is 5. The summed E-state index contributed by atoms with van der Waals surface area (Å²) in [6.07, 6.45) is 4.07. The molecule has 112 valence electrons. The monoisotopic (exact) mass is 313 g/mol. The molecular weight excluding hydrogens is 298 g/mol. The summed E-state index contributed by atoms with van der Waals surface area (Å²) in [6, 6.07) is 11.7. The Bertz CT molecular complexity index is 741. The first-order valence-electron chi connectivity index (χ1n) is 6.86. The molecule has 0 bridgehead atoms. The van der Waals surface area contributed by atoms with Crippen molar-refractivity contribution in [2.75, 3.05) is 7.05 Å². The zero-order chi connectivity index (χ0) is 15.4. The van der Waals surface area contributed by atoms with Crippen LogP contribution in [0, 0.1) is 0 Å². The van der Waals surface area contributed by atoms with E-state index in [0.717, 1.165) is 5.56 Å². The van der Waals surface area contributed by atoms with Crippen LogP contribution >= 0.6 is 11.8 Å². The normalized spacial score (nSPS) is 12.2. The molecule has 0 fully saturated rings. The van der Waals surface area contributed by atoms with Crippen molar-refractivity contribution in [1.29, 1.82) is 0 Å². The number of nitrogens with one attached hydrogen (secondary N) is 1. The molecule has 0 saturated heterocycles. The predicted octanol–water partition coefficient (Wildman–Crippen LogP) is 1.57. The smallest absolute Gasteiger partial charge is 0.253 e. The lowest BCUT2D eigenvalue weighted by Crippen LogP contribution is -2.31. The fourth-order valence-electron chi connectivity index (χ4n) is 2.07. The number of hydrogen-bond acceptors (Lipinski definition) is 5. The molecule has 6 nitrogen and oxygen atoms in total. The number of amides is 1. The Morgan fingerprint density at radius 3 is 2.86 bits per heavy atom. The quantitative estimate of drug-likeness (QED) is 0.724. The highest BCUT2D eigenvalue weighted by atomic mass is 32.2. The predicted molar refractivity (Wildman–Crippen MR) is 84.6 cm³/mol. The van der Waals surface area contributed by atoms with Crippen LogP contribution in [-0.4, -0.2) is 37.8 Å². The van der Waals surface area contributed by atoms with Gasteiger partial charge in [-0.05, 0) is 18.1 Å². The van der Waals surface area contributed by atoms with Gasteiger partial charge in [-0.1, -0.05) is 42.1 Å². The Labute approximate surface area is 132 Å². The van der Waals surface area contributed by atoms with Crippen molar-refractivity contribution in [2.45, 2.75) is 16.8 Å². The van der Waals surface area contributed by atoms with E-state index < -0.39 is 0 Å². The van der Waals surface area contributed by atoms with Crippen LogP contribution in [0.15, 0.2) is 53.9 Å². The number of hydrogen-bond donors (Lipinski definition) is 1. The molecule has 1 amide bonds. The highest BCUT2D eigenvalue weighted by Gasteiger charge is 2.21. The summed E-state index contributed by atoms with van der Waals surface area (Å²) in [6.45, 7) is 0. The van der Waals surface area contributed by atoms with Crippen molar-refractivity contribution in [1.82, 2.24) is 24.9 Å². The van der Waals surface area contributed by atoms with Crippen molar-refractivity contribution in [3.63, 3.8) is 0 Å². The van der Waals surface area contributed by atoms with Crippen LogP contribution in [0.2, 0.25) is 0 Å². The van der Waals surface area contributed by atoms with E-state index >= 15 is 0 Å². The van der Waals surface area contributed by atoms with Crippen molar-refractivity contribution in [3.8, 4) is 0 Å². The van der Waals surface area contributed by atoms with Crippen molar-refractivity contribution in [2.24, 2.45) is 0 Å². The molecule has 1 aromatic carbocycles. The van der Waals surface area contributed by atoms with Gasteiger partial charge in [-0.2, -0.15) is 4.98 Å². The van der Waals surface area contributed by atoms with Crippen LogP contribution in [0.3, 0.4) is 0 Å². The third kappa shape index (κ3) is 3.25. The van der Waals surface area contributed by atoms with Crippen molar-refractivity contribution in [3.05, 3.63) is 54.4 Å². The van der Waals surface area contributed by atoms with Crippen LogP contribution in [-0.2, 0) is 11.2 Å². The standard InChI is InChI=1S/C15H15N5OS/c1-16-13(21)12(10-11-6-3-2-4-7-11)22-15-18-14-17-8-5-9-20(14)19-15/h2-9,12H,10H2,1H3,(H,16,21)/t12-/m1/s1. The summed E-state index contributed by atoms with van der Waals surface area (Å²) >= 11 is 1.35. The fraction of sp³-hybridized carbons (Fsp3) is 0.200. The second-order valence-corrected chi connectivity index (χ2v) is 5.84. The summed E-state index contributed by atoms with van der Waals surface area (Å²) in [5.41, 5.74) is 1.10. The Hall–Kier alpha value is -2.41. The van der Waals surface area contributed by atoms with Gasteiger partial charge in [0.15, 0.2) is 0 Å². The van der Waals surface area contributed by atoms with Gasteiger partial charge in [0, 0.05) is 19.4 Å². The molecule has 0 spiro atoms. The zero-order valence-electron chi connectivity index (χ0n) is 12.0. The van der Waals surface area contributed by atoms with Gasteiger partial charge in [0.1, 0.15) is 0 Å². The van der Waals surface area contributed by atoms with Gasteiger partial charge in [-0.25, -0.2) is 9.50 Å². The lowest BCUT2D eigenvalue weighted by atomic mass is 10.1. The number of thioether (sulfide) groups is 1. The Balaban J connectivity index is 1.81. The number of benzene rings is 1. The largest absolute Gasteiger partial charge is 0.358 e. The Kier molecular flexibility index (Phi) is 4.34. The minimum Gasteiger partial charge on any atom is -0.358 e. The Morgan fingerprint density at radius 2 is 2.14 bits per heavy atom. The molecule has 3 aromatic rings. The topological polar surface area (TPSA) is 72.2 Å². The molecule has 2 aromatic heterocycles. The highest BCUT2D eigenvalue weighted by Crippen LogP contribution is 2.23. The number of aromatic nitrogens is 4. The molecule has 2 heterocycles. The molecular formula is C15H15N5OS. The minimum absolute atomic E-state index is 0.0410. The van der Waals surface area contributed by atoms with Gasteiger partial charge >= 0.3 is 0 Å². The first-order valence-corrected chi connectivity index (χ1v) is 7.74. The lowest BCUT2D eigenvalue weighted by Gasteiger charge is -2.13. The molecule has 0 radical (unpaired) electrons. The van der Waals surface area contributed by atoms with Crippen LogP contribution in [0.5, 0.6) is 0 Å². The van der Waals surface area contributed by atoms with E-state index in [1.54, 1.807) is 30.0 Å². The summed E-state index contributed by atoms with van der Waals surface area (Å²) in [4.78, 5) is 20.6. The molecule has 0 unspecified atom stereocenters. The van der Waals surface area contributed by atoms with Gasteiger partial charge in [0.2, 0.25) is 11.1 Å². The van der Waals surface area contributed by atoms with Gasteiger partial charge in [-0.3, -0.25) is 4.79 Å². The van der Waals surface area contributed by atoms with Crippen molar-refractivity contribution >= 4 is 23.4 Å². The number of carbonyl (C=O) groups excluding carboxylic acids is 1. The van der Waals surface area contributed by atoms with E-state index in [1.165, 1.54) is 11.8 Å². The number of fused-ring (bicyclic) bond motifs is 1. The molecule has 7 heteroatoms. The van der Waals surface area contributed by atoms with Crippen molar-refractivity contribution < 1.29 is 4.79 Å². The average Bonchev–Trinajstić information content (AvgIpc) is 2.97. The second kappa shape index (κ2) is 6.57.